The van der Waals surface area contributed by atoms with Crippen LogP contribution in [0.3, 0.4) is 0 Å². The minimum absolute atomic E-state index is 0.000768. The van der Waals surface area contributed by atoms with Crippen LogP contribution in [0.4, 0.5) is 11.4 Å². The summed E-state index contributed by atoms with van der Waals surface area (Å²) in [6.07, 6.45) is 3.75. The van der Waals surface area contributed by atoms with Crippen molar-refractivity contribution in [2.24, 2.45) is 0 Å². The van der Waals surface area contributed by atoms with Crippen molar-refractivity contribution in [1.82, 2.24) is 10.2 Å². The highest BCUT2D eigenvalue weighted by Gasteiger charge is 2.15. The van der Waals surface area contributed by atoms with Gasteiger partial charge in [-0.2, -0.15) is 0 Å². The lowest BCUT2D eigenvalue weighted by Crippen LogP contribution is -2.32. The highest BCUT2D eigenvalue weighted by molar-refractivity contribution is 5.98. The number of carbonyl (C=O) groups excluding carboxylic acids is 3. The zero-order valence-electron chi connectivity index (χ0n) is 19.9. The summed E-state index contributed by atoms with van der Waals surface area (Å²) in [5.41, 5.74) is 2.37. The molecule has 0 bridgehead atoms. The summed E-state index contributed by atoms with van der Waals surface area (Å²) in [5, 5.41) is 8.75. The summed E-state index contributed by atoms with van der Waals surface area (Å²) in [6.45, 7) is 8.30. The van der Waals surface area contributed by atoms with Crippen LogP contribution in [0, 0.1) is 0 Å². The highest BCUT2D eigenvalue weighted by Crippen LogP contribution is 2.14. The number of anilines is 2. The van der Waals surface area contributed by atoms with E-state index in [1.54, 1.807) is 36.4 Å². The minimum atomic E-state index is -0.242. The van der Waals surface area contributed by atoms with E-state index < -0.39 is 0 Å². The number of hydrogen-bond acceptors (Lipinski definition) is 4. The SMILES string of the molecule is CCCCNC(=O)c1cccc(NC(=O)CNc2cccc(C(=O)N(CCC)CCC)c2)c1. The molecular weight excluding hydrogens is 416 g/mol. The third kappa shape index (κ3) is 8.60. The quantitative estimate of drug-likeness (QED) is 0.390. The first-order chi connectivity index (χ1) is 16.0. The van der Waals surface area contributed by atoms with Gasteiger partial charge in [-0.15, -0.1) is 0 Å². The highest BCUT2D eigenvalue weighted by atomic mass is 16.2. The molecular formula is C26H36N4O3. The molecule has 0 aliphatic heterocycles. The van der Waals surface area contributed by atoms with Gasteiger partial charge in [-0.3, -0.25) is 14.4 Å². The maximum Gasteiger partial charge on any atom is 0.253 e. The number of rotatable bonds is 13. The van der Waals surface area contributed by atoms with Crippen molar-refractivity contribution >= 4 is 29.1 Å². The minimum Gasteiger partial charge on any atom is -0.376 e. The number of nitrogens with one attached hydrogen (secondary N) is 3. The van der Waals surface area contributed by atoms with Crippen molar-refractivity contribution < 1.29 is 14.4 Å². The second-order valence-corrected chi connectivity index (χ2v) is 7.96. The maximum absolute atomic E-state index is 12.8. The maximum atomic E-state index is 12.8. The Morgan fingerprint density at radius 1 is 0.818 bits per heavy atom. The molecule has 0 aliphatic rings. The van der Waals surface area contributed by atoms with Crippen LogP contribution < -0.4 is 16.0 Å². The first-order valence-corrected chi connectivity index (χ1v) is 11.8. The summed E-state index contributed by atoms with van der Waals surface area (Å²) < 4.78 is 0. The molecule has 0 aromatic heterocycles. The average Bonchev–Trinajstić information content (AvgIpc) is 2.82. The fraction of sp³-hybridized carbons (Fsp3) is 0.423. The van der Waals surface area contributed by atoms with E-state index in [0.717, 1.165) is 38.8 Å². The Kier molecular flexibility index (Phi) is 10.9. The Morgan fingerprint density at radius 3 is 2.12 bits per heavy atom. The number of benzene rings is 2. The van der Waals surface area contributed by atoms with Crippen molar-refractivity contribution in [3.05, 3.63) is 59.7 Å². The smallest absolute Gasteiger partial charge is 0.253 e. The Hall–Kier alpha value is -3.35. The molecule has 0 unspecified atom stereocenters. The van der Waals surface area contributed by atoms with Crippen molar-refractivity contribution in [2.75, 3.05) is 36.8 Å². The van der Waals surface area contributed by atoms with Gasteiger partial charge in [0.15, 0.2) is 0 Å². The van der Waals surface area contributed by atoms with Crippen molar-refractivity contribution in [3.8, 4) is 0 Å². The van der Waals surface area contributed by atoms with Crippen molar-refractivity contribution in [2.45, 2.75) is 46.5 Å². The van der Waals surface area contributed by atoms with E-state index in [0.29, 0.717) is 29.0 Å². The van der Waals surface area contributed by atoms with E-state index >= 15 is 0 Å². The lowest BCUT2D eigenvalue weighted by atomic mass is 10.1. The van der Waals surface area contributed by atoms with Crippen LogP contribution in [0.2, 0.25) is 0 Å². The number of carbonyl (C=O) groups is 3. The largest absolute Gasteiger partial charge is 0.376 e. The molecule has 33 heavy (non-hydrogen) atoms. The first kappa shape index (κ1) is 25.9. The standard InChI is InChI=1S/C26H36N4O3/c1-4-7-14-27-25(32)20-10-8-13-23(17-20)29-24(31)19-28-22-12-9-11-21(18-22)26(33)30(15-5-2)16-6-3/h8-13,17-18,28H,4-7,14-16,19H2,1-3H3,(H,27,32)(H,29,31). The van der Waals surface area contributed by atoms with Crippen LogP contribution in [0.15, 0.2) is 48.5 Å². The van der Waals surface area contributed by atoms with E-state index in [2.05, 4.69) is 36.7 Å². The van der Waals surface area contributed by atoms with E-state index in [4.69, 9.17) is 0 Å². The van der Waals surface area contributed by atoms with Gasteiger partial charge in [0.2, 0.25) is 5.91 Å². The third-order valence-electron chi connectivity index (χ3n) is 5.06. The van der Waals surface area contributed by atoms with Crippen LogP contribution in [0.5, 0.6) is 0 Å². The van der Waals surface area contributed by atoms with Gasteiger partial charge in [-0.05, 0) is 55.7 Å². The lowest BCUT2D eigenvalue weighted by Gasteiger charge is -2.21. The van der Waals surface area contributed by atoms with Gasteiger partial charge in [0.05, 0.1) is 6.54 Å². The van der Waals surface area contributed by atoms with E-state index in [1.807, 2.05) is 17.0 Å². The average molecular weight is 453 g/mol. The van der Waals surface area contributed by atoms with E-state index in [1.165, 1.54) is 0 Å². The van der Waals surface area contributed by atoms with Gasteiger partial charge in [-0.25, -0.2) is 0 Å². The van der Waals surface area contributed by atoms with E-state index in [-0.39, 0.29) is 24.3 Å². The molecule has 178 valence electrons. The molecule has 0 radical (unpaired) electrons. The van der Waals surface area contributed by atoms with Crippen LogP contribution in [0.25, 0.3) is 0 Å². The van der Waals surface area contributed by atoms with Crippen LogP contribution in [0.1, 0.15) is 67.2 Å². The Balaban J connectivity index is 1.93. The Morgan fingerprint density at radius 2 is 1.45 bits per heavy atom. The van der Waals surface area contributed by atoms with Crippen molar-refractivity contribution in [3.63, 3.8) is 0 Å². The topological polar surface area (TPSA) is 90.5 Å². The second kappa shape index (κ2) is 13.9. The summed E-state index contributed by atoms with van der Waals surface area (Å²) in [7, 11) is 0. The number of unbranched alkanes of at least 4 members (excludes halogenated alkanes) is 1. The molecule has 0 heterocycles. The number of amides is 3. The molecule has 0 saturated heterocycles. The summed E-state index contributed by atoms with van der Waals surface area (Å²) in [6, 6.07) is 14.1. The Labute approximate surface area is 196 Å². The molecule has 2 rings (SSSR count). The molecule has 0 atom stereocenters. The number of hydrogen-bond donors (Lipinski definition) is 3. The molecule has 3 N–H and O–H groups in total. The monoisotopic (exact) mass is 452 g/mol. The van der Waals surface area contributed by atoms with E-state index in [9.17, 15) is 14.4 Å². The summed E-state index contributed by atoms with van der Waals surface area (Å²) in [5.74, 6) is -0.394. The molecule has 0 spiro atoms. The van der Waals surface area contributed by atoms with Gasteiger partial charge in [0, 0.05) is 42.1 Å². The van der Waals surface area contributed by atoms with Gasteiger partial charge >= 0.3 is 0 Å². The predicted octanol–water partition coefficient (Wildman–Crippen LogP) is 4.53. The van der Waals surface area contributed by atoms with Gasteiger partial charge in [0.25, 0.3) is 11.8 Å². The molecule has 7 heteroatoms. The van der Waals surface area contributed by atoms with Crippen LogP contribution in [-0.4, -0.2) is 48.8 Å². The van der Waals surface area contributed by atoms with Gasteiger partial charge < -0.3 is 20.9 Å². The molecule has 0 fully saturated rings. The predicted molar refractivity (Wildman–Crippen MR) is 134 cm³/mol. The Bertz CT molecular complexity index is 923. The van der Waals surface area contributed by atoms with Gasteiger partial charge in [0.1, 0.15) is 0 Å². The molecule has 2 aromatic carbocycles. The molecule has 0 saturated carbocycles. The number of nitrogens with zero attached hydrogens (tertiary/aromatic N) is 1. The molecule has 0 aliphatic carbocycles. The first-order valence-electron chi connectivity index (χ1n) is 11.8. The van der Waals surface area contributed by atoms with Crippen LogP contribution in [-0.2, 0) is 4.79 Å². The fourth-order valence-corrected chi connectivity index (χ4v) is 3.41. The summed E-state index contributed by atoms with van der Waals surface area (Å²) in [4.78, 5) is 39.3. The lowest BCUT2D eigenvalue weighted by molar-refractivity contribution is -0.114. The summed E-state index contributed by atoms with van der Waals surface area (Å²) >= 11 is 0. The molecule has 3 amide bonds. The van der Waals surface area contributed by atoms with Gasteiger partial charge in [-0.1, -0.05) is 39.3 Å². The van der Waals surface area contributed by atoms with Crippen molar-refractivity contribution in [1.29, 1.82) is 0 Å². The molecule has 2 aromatic rings. The zero-order valence-corrected chi connectivity index (χ0v) is 19.9. The molecule has 7 nitrogen and oxygen atoms in total. The third-order valence-corrected chi connectivity index (χ3v) is 5.06. The second-order valence-electron chi connectivity index (χ2n) is 7.96. The fourth-order valence-electron chi connectivity index (χ4n) is 3.41. The zero-order chi connectivity index (χ0) is 24.1. The van der Waals surface area contributed by atoms with Crippen LogP contribution >= 0.6 is 0 Å². The normalized spacial score (nSPS) is 10.4.